The number of fused-ring (bicyclic) bond motifs is 3. The van der Waals surface area contributed by atoms with E-state index in [0.29, 0.717) is 0 Å². The van der Waals surface area contributed by atoms with E-state index < -0.39 is 11.2 Å². The summed E-state index contributed by atoms with van der Waals surface area (Å²) in [6.45, 7) is 0. The Labute approximate surface area is 173 Å². The summed E-state index contributed by atoms with van der Waals surface area (Å²) in [5.41, 5.74) is 9.36. The lowest BCUT2D eigenvalue weighted by Crippen LogP contribution is -2.56. The minimum Gasteiger partial charge on any atom is -0.355 e. The van der Waals surface area contributed by atoms with Gasteiger partial charge >= 0.3 is 0 Å². The Hall–Kier alpha value is -3.60. The number of benzene rings is 4. The molecule has 2 N–H and O–H groups in total. The molecule has 4 heterocycles. The topological polar surface area (TPSA) is 42.5 Å². The van der Waals surface area contributed by atoms with Crippen molar-refractivity contribution in [2.75, 3.05) is 10.6 Å². The Kier molecular flexibility index (Phi) is 2.42. The second kappa shape index (κ2) is 4.75. The van der Waals surface area contributed by atoms with Crippen LogP contribution in [0.4, 0.5) is 22.7 Å². The maximum absolute atomic E-state index is 6.50. The van der Waals surface area contributed by atoms with Crippen LogP contribution in [-0.4, -0.2) is 0 Å². The van der Waals surface area contributed by atoms with Crippen LogP contribution in [0.5, 0.6) is 0 Å². The molecule has 142 valence electrons. The van der Waals surface area contributed by atoms with Gasteiger partial charge in [-0.3, -0.25) is 0 Å². The highest BCUT2D eigenvalue weighted by Gasteiger charge is 2.65. The molecule has 30 heavy (non-hydrogen) atoms. The lowest BCUT2D eigenvalue weighted by atomic mass is 9.60. The third-order valence-corrected chi connectivity index (χ3v) is 7.03. The average Bonchev–Trinajstić information content (AvgIpc) is 2.81. The molecule has 2 bridgehead atoms. The lowest BCUT2D eigenvalue weighted by Gasteiger charge is -2.57. The summed E-state index contributed by atoms with van der Waals surface area (Å²) >= 11 is 0. The van der Waals surface area contributed by atoms with Gasteiger partial charge in [-0.2, -0.15) is 0 Å². The van der Waals surface area contributed by atoms with E-state index in [4.69, 9.17) is 9.78 Å². The first-order valence-corrected chi connectivity index (χ1v) is 10.2. The molecule has 2 unspecified atom stereocenters. The minimum atomic E-state index is -0.797. The van der Waals surface area contributed by atoms with E-state index in [1.165, 1.54) is 0 Å². The van der Waals surface area contributed by atoms with Gasteiger partial charge in [-0.05, 0) is 24.3 Å². The largest absolute Gasteiger partial charge is 0.355 e. The molecule has 4 nitrogen and oxygen atoms in total. The van der Waals surface area contributed by atoms with Gasteiger partial charge in [0, 0.05) is 56.1 Å². The van der Waals surface area contributed by atoms with Crippen molar-refractivity contribution in [1.82, 2.24) is 0 Å². The molecule has 5 aliphatic rings. The fraction of sp³-hybridized carbons (Fsp3) is 0.0769. The summed E-state index contributed by atoms with van der Waals surface area (Å²) in [5.74, 6) is 0. The van der Waals surface area contributed by atoms with Gasteiger partial charge in [-0.15, -0.1) is 0 Å². The van der Waals surface area contributed by atoms with Gasteiger partial charge in [0.1, 0.15) is 0 Å². The van der Waals surface area contributed by atoms with Crippen molar-refractivity contribution >= 4 is 22.7 Å². The van der Waals surface area contributed by atoms with Gasteiger partial charge in [0.25, 0.3) is 0 Å². The zero-order valence-electron chi connectivity index (χ0n) is 15.9. The Morgan fingerprint density at radius 2 is 0.833 bits per heavy atom. The minimum absolute atomic E-state index is 0.797. The first kappa shape index (κ1) is 15.3. The van der Waals surface area contributed by atoms with Gasteiger partial charge in [-0.1, -0.05) is 60.7 Å². The molecular weight excluding hydrogens is 372 g/mol. The first-order valence-electron chi connectivity index (χ1n) is 10.2. The fourth-order valence-electron chi connectivity index (χ4n) is 5.96. The number of rotatable bonds is 0. The number of para-hydroxylation sites is 2. The SMILES string of the molecule is c1ccc2c(c1)Nc1cccc3c1C21OOC32c3ccccc3Nc3cccc1c32. The first-order chi connectivity index (χ1) is 14.8. The predicted octanol–water partition coefficient (Wildman–Crippen LogP) is 5.66. The van der Waals surface area contributed by atoms with Gasteiger partial charge in [0.05, 0.1) is 0 Å². The zero-order chi connectivity index (χ0) is 19.5. The zero-order valence-corrected chi connectivity index (χ0v) is 15.9. The number of hydrogen-bond acceptors (Lipinski definition) is 4. The molecule has 4 heteroatoms. The smallest absolute Gasteiger partial charge is 0.183 e. The van der Waals surface area contributed by atoms with Crippen LogP contribution in [0, 0.1) is 0 Å². The lowest BCUT2D eigenvalue weighted by molar-refractivity contribution is -0.409. The highest BCUT2D eigenvalue weighted by Crippen LogP contribution is 2.68. The molecule has 0 saturated heterocycles. The highest BCUT2D eigenvalue weighted by molar-refractivity contribution is 5.88. The monoisotopic (exact) mass is 388 g/mol. The molecular formula is C26H16N2O2. The van der Waals surface area contributed by atoms with E-state index in [1.54, 1.807) is 0 Å². The van der Waals surface area contributed by atoms with Crippen LogP contribution in [0.2, 0.25) is 0 Å². The van der Waals surface area contributed by atoms with Crippen LogP contribution < -0.4 is 10.6 Å². The predicted molar refractivity (Wildman–Crippen MR) is 114 cm³/mol. The molecule has 0 aromatic heterocycles. The van der Waals surface area contributed by atoms with Crippen molar-refractivity contribution < 1.29 is 9.78 Å². The van der Waals surface area contributed by atoms with Crippen LogP contribution >= 0.6 is 0 Å². The summed E-state index contributed by atoms with van der Waals surface area (Å²) in [7, 11) is 0. The normalized spacial score (nSPS) is 25.2. The number of hydrogen-bond donors (Lipinski definition) is 2. The van der Waals surface area contributed by atoms with Crippen LogP contribution in [0.15, 0.2) is 84.9 Å². The molecule has 1 aliphatic carbocycles. The van der Waals surface area contributed by atoms with Crippen LogP contribution in [0.3, 0.4) is 0 Å². The maximum atomic E-state index is 6.50. The molecule has 9 rings (SSSR count). The summed E-state index contributed by atoms with van der Waals surface area (Å²) in [4.78, 5) is 13.0. The molecule has 4 aromatic carbocycles. The molecule has 2 spiro atoms. The average molecular weight is 388 g/mol. The third-order valence-electron chi connectivity index (χ3n) is 7.03. The van der Waals surface area contributed by atoms with Crippen molar-refractivity contribution in [3.63, 3.8) is 0 Å². The molecule has 0 amide bonds. The van der Waals surface area contributed by atoms with Crippen molar-refractivity contribution in [1.29, 1.82) is 0 Å². The van der Waals surface area contributed by atoms with E-state index in [-0.39, 0.29) is 0 Å². The quantitative estimate of drug-likeness (QED) is 0.382. The van der Waals surface area contributed by atoms with Crippen LogP contribution in [0.1, 0.15) is 33.4 Å². The Balaban J connectivity index is 1.62. The Morgan fingerprint density at radius 1 is 0.433 bits per heavy atom. The van der Waals surface area contributed by atoms with Gasteiger partial charge in [-0.25, -0.2) is 9.78 Å². The summed E-state index contributed by atoms with van der Waals surface area (Å²) in [6, 6.07) is 29.5. The number of anilines is 4. The molecule has 4 aliphatic heterocycles. The third kappa shape index (κ3) is 1.41. The summed E-state index contributed by atoms with van der Waals surface area (Å²) in [5, 5.41) is 7.27. The second-order valence-electron chi connectivity index (χ2n) is 8.33. The summed E-state index contributed by atoms with van der Waals surface area (Å²) < 4.78 is 0. The van der Waals surface area contributed by atoms with E-state index >= 15 is 0 Å². The van der Waals surface area contributed by atoms with Crippen molar-refractivity contribution in [3.05, 3.63) is 118 Å². The molecule has 2 atom stereocenters. The molecule has 4 aromatic rings. The molecule has 0 saturated carbocycles. The maximum Gasteiger partial charge on any atom is 0.183 e. The van der Waals surface area contributed by atoms with Crippen molar-refractivity contribution in [2.45, 2.75) is 11.2 Å². The van der Waals surface area contributed by atoms with Crippen molar-refractivity contribution in [2.24, 2.45) is 0 Å². The molecule has 0 radical (unpaired) electrons. The highest BCUT2D eigenvalue weighted by atomic mass is 17.2. The van der Waals surface area contributed by atoms with Gasteiger partial charge < -0.3 is 10.6 Å². The standard InChI is InChI=1S/C26H16N2O2/c1-3-11-19-15(7-1)25-17-9-5-14-22-24(17)26(30-29-25,16-8-2-4-12-20(16)28-22)18-10-6-13-21(27-19)23(18)25/h1-14,27-28H. The van der Waals surface area contributed by atoms with Gasteiger partial charge in [0.15, 0.2) is 11.2 Å². The Bertz CT molecular complexity index is 1320. The van der Waals surface area contributed by atoms with E-state index in [2.05, 4.69) is 83.4 Å². The van der Waals surface area contributed by atoms with Crippen LogP contribution in [-0.2, 0) is 21.0 Å². The Morgan fingerprint density at radius 3 is 1.33 bits per heavy atom. The van der Waals surface area contributed by atoms with Gasteiger partial charge in [0.2, 0.25) is 0 Å². The molecule has 0 fully saturated rings. The van der Waals surface area contributed by atoms with E-state index in [1.807, 2.05) is 12.1 Å². The van der Waals surface area contributed by atoms with Crippen molar-refractivity contribution in [3.8, 4) is 0 Å². The number of nitrogens with one attached hydrogen (secondary N) is 2. The second-order valence-corrected chi connectivity index (χ2v) is 8.33. The van der Waals surface area contributed by atoms with E-state index in [0.717, 1.165) is 56.1 Å². The fourth-order valence-corrected chi connectivity index (χ4v) is 5.96. The van der Waals surface area contributed by atoms with Crippen LogP contribution in [0.25, 0.3) is 0 Å². The van der Waals surface area contributed by atoms with E-state index in [9.17, 15) is 0 Å². The summed E-state index contributed by atoms with van der Waals surface area (Å²) in [6.07, 6.45) is 0.